The molecule has 3 rings (SSSR count). The molecule has 0 spiro atoms. The van der Waals surface area contributed by atoms with Crippen LogP contribution in [0.2, 0.25) is 0 Å². The Hall–Kier alpha value is -3.04. The van der Waals surface area contributed by atoms with Gasteiger partial charge in [0.05, 0.1) is 30.9 Å². The van der Waals surface area contributed by atoms with Crippen molar-refractivity contribution in [2.45, 2.75) is 87.9 Å². The Morgan fingerprint density at radius 2 is 1.93 bits per heavy atom. The Morgan fingerprint density at radius 1 is 1.28 bits per heavy atom. The number of hydrogen-bond acceptors (Lipinski definition) is 17. The van der Waals surface area contributed by atoms with E-state index in [1.165, 1.54) is 13.0 Å². The van der Waals surface area contributed by atoms with Gasteiger partial charge in [0.15, 0.2) is 6.23 Å². The summed E-state index contributed by atoms with van der Waals surface area (Å²) in [6, 6.07) is -1.78. The van der Waals surface area contributed by atoms with Crippen molar-refractivity contribution in [2.75, 3.05) is 12.3 Å². The van der Waals surface area contributed by atoms with Crippen molar-refractivity contribution in [3.8, 4) is 0 Å². The van der Waals surface area contributed by atoms with Crippen LogP contribution in [0.5, 0.6) is 0 Å². The molecule has 0 radical (unpaired) electrons. The van der Waals surface area contributed by atoms with Crippen LogP contribution in [0.25, 0.3) is 0 Å². The number of nitrogens with zero attached hydrogens (tertiary/aromatic N) is 2. The first kappa shape index (κ1) is 34.5. The number of aliphatic hydroxyl groups excluding tert-OH is 4. The fourth-order valence-corrected chi connectivity index (χ4v) is 5.64. The Balaban J connectivity index is 1.83. The number of aliphatic hydroxyl groups is 4. The van der Waals surface area contributed by atoms with Crippen LogP contribution in [0.1, 0.15) is 33.4 Å². The highest BCUT2D eigenvalue weighted by Crippen LogP contribution is 2.48. The molecule has 0 aliphatic carbocycles. The van der Waals surface area contributed by atoms with Gasteiger partial charge in [0, 0.05) is 26.5 Å². The minimum absolute atomic E-state index is 0.141. The van der Waals surface area contributed by atoms with Crippen LogP contribution < -0.4 is 32.1 Å². The molecule has 2 saturated heterocycles. The van der Waals surface area contributed by atoms with E-state index in [1.54, 1.807) is 0 Å². The van der Waals surface area contributed by atoms with Gasteiger partial charge in [0.25, 0.3) is 7.82 Å². The summed E-state index contributed by atoms with van der Waals surface area (Å²) >= 11 is 0. The summed E-state index contributed by atoms with van der Waals surface area (Å²) < 4.78 is 33.8. The third-order valence-electron chi connectivity index (χ3n) is 6.62. The topological polar surface area (TPSA) is 317 Å². The first-order valence-corrected chi connectivity index (χ1v) is 14.2. The molecule has 2 fully saturated rings. The van der Waals surface area contributed by atoms with Crippen LogP contribution in [0.3, 0.4) is 0 Å². The van der Waals surface area contributed by atoms with Gasteiger partial charge in [-0.25, -0.2) is 4.79 Å². The van der Waals surface area contributed by atoms with E-state index in [1.807, 2.05) is 0 Å². The van der Waals surface area contributed by atoms with Crippen LogP contribution in [-0.4, -0.2) is 109 Å². The molecule has 2 amide bonds. The van der Waals surface area contributed by atoms with Gasteiger partial charge < -0.3 is 65.6 Å². The minimum Gasteiger partial charge on any atom is -0.756 e. The average Bonchev–Trinajstić information content (AvgIpc) is 3.15. The van der Waals surface area contributed by atoms with Gasteiger partial charge in [0.2, 0.25) is 17.6 Å². The standard InChI is InChI=1S/C22H34N5O15P/c1-8(28)14(24-9(2)29)18-15(25-10(3)30)11(31)6-22(41-18,20(34)35)42-43(37,38)39-7-12-16(32)17(33)19(40-12)27-5-4-13(23)26-21(27)36/h4-5,8,11-12,14-19,28,31-33H,6-7H2,1-3H3,(H,24,29)(H,25,30)(H,34,35)(H,37,38)(H2,23,26,36)/p-2/t8-,11+,12-,14-,15-,16-,17-,18+,19-,22-/m1/s1. The number of phosphoric ester groups is 1. The van der Waals surface area contributed by atoms with Crippen LogP contribution in [0, 0.1) is 0 Å². The number of aliphatic carboxylic acids is 1. The van der Waals surface area contributed by atoms with Crippen molar-refractivity contribution in [2.24, 2.45) is 0 Å². The predicted octanol–water partition coefficient (Wildman–Crippen LogP) is -6.07. The highest BCUT2D eigenvalue weighted by molar-refractivity contribution is 7.45. The Labute approximate surface area is 242 Å². The summed E-state index contributed by atoms with van der Waals surface area (Å²) in [6.07, 6.45) is -11.9. The number of anilines is 1. The average molecular weight is 637 g/mol. The fraction of sp³-hybridized carbons (Fsp3) is 0.682. The molecular formula is C22H32N5O15P-2. The molecule has 2 aliphatic rings. The van der Waals surface area contributed by atoms with E-state index in [2.05, 4.69) is 15.6 Å². The molecule has 1 aromatic heterocycles. The largest absolute Gasteiger partial charge is 0.756 e. The van der Waals surface area contributed by atoms with E-state index in [9.17, 15) is 54.2 Å². The maximum atomic E-state index is 12.8. The molecule has 1 aromatic rings. The van der Waals surface area contributed by atoms with Crippen molar-refractivity contribution < 1.29 is 67.9 Å². The zero-order chi connectivity index (χ0) is 32.4. The number of carboxylic acid groups (broad SMARTS) is 1. The van der Waals surface area contributed by atoms with E-state index in [-0.39, 0.29) is 5.82 Å². The lowest BCUT2D eigenvalue weighted by Crippen LogP contribution is -2.71. The summed E-state index contributed by atoms with van der Waals surface area (Å²) in [5, 5.41) is 58.5. The number of aromatic nitrogens is 2. The molecule has 3 heterocycles. The number of carboxylic acids is 1. The van der Waals surface area contributed by atoms with Gasteiger partial charge >= 0.3 is 5.69 Å². The summed E-state index contributed by atoms with van der Waals surface area (Å²) in [5.74, 6) is -7.22. The Bertz CT molecular complexity index is 1290. The molecule has 242 valence electrons. The number of nitrogens with two attached hydrogens (primary N) is 1. The van der Waals surface area contributed by atoms with Crippen LogP contribution in [0.15, 0.2) is 17.1 Å². The first-order chi connectivity index (χ1) is 19.9. The van der Waals surface area contributed by atoms with Crippen molar-refractivity contribution in [3.63, 3.8) is 0 Å². The number of carbonyl (C=O) groups excluding carboxylic acids is 3. The molecule has 1 unspecified atom stereocenters. The molecule has 0 saturated carbocycles. The number of ether oxygens (including phenoxy) is 2. The van der Waals surface area contributed by atoms with Gasteiger partial charge in [0.1, 0.15) is 36.2 Å². The van der Waals surface area contributed by atoms with Crippen LogP contribution in [-0.2, 0) is 37.5 Å². The first-order valence-electron chi connectivity index (χ1n) is 12.7. The van der Waals surface area contributed by atoms with Crippen LogP contribution >= 0.6 is 7.82 Å². The summed E-state index contributed by atoms with van der Waals surface area (Å²) in [6.45, 7) is 2.20. The lowest BCUT2D eigenvalue weighted by molar-refractivity contribution is -0.374. The second-order valence-electron chi connectivity index (χ2n) is 10.0. The van der Waals surface area contributed by atoms with Crippen LogP contribution in [0.4, 0.5) is 5.82 Å². The van der Waals surface area contributed by atoms with Gasteiger partial charge in [-0.2, -0.15) is 4.98 Å². The van der Waals surface area contributed by atoms with Gasteiger partial charge in [-0.15, -0.1) is 0 Å². The van der Waals surface area contributed by atoms with Crippen molar-refractivity contribution >= 4 is 31.4 Å². The summed E-state index contributed by atoms with van der Waals surface area (Å²) in [7, 11) is -5.78. The lowest BCUT2D eigenvalue weighted by Gasteiger charge is -2.50. The van der Waals surface area contributed by atoms with Crippen molar-refractivity contribution in [1.29, 1.82) is 0 Å². The second-order valence-corrected chi connectivity index (χ2v) is 11.3. The maximum absolute atomic E-state index is 12.8. The number of nitrogens with one attached hydrogen (secondary N) is 2. The number of hydrogen-bond donors (Lipinski definition) is 7. The predicted molar refractivity (Wildman–Crippen MR) is 134 cm³/mol. The number of phosphoric acid groups is 1. The molecule has 21 heteroatoms. The smallest absolute Gasteiger partial charge is 0.351 e. The molecule has 8 N–H and O–H groups in total. The second kappa shape index (κ2) is 13.3. The third kappa shape index (κ3) is 7.92. The highest BCUT2D eigenvalue weighted by atomic mass is 31.2. The molecule has 0 aromatic carbocycles. The van der Waals surface area contributed by atoms with E-state index in [4.69, 9.17) is 24.3 Å². The van der Waals surface area contributed by atoms with Gasteiger partial charge in [-0.3, -0.25) is 23.2 Å². The Morgan fingerprint density at radius 3 is 2.47 bits per heavy atom. The molecular weight excluding hydrogens is 605 g/mol. The number of rotatable bonds is 11. The number of nitrogen functional groups attached to an aromatic ring is 1. The zero-order valence-electron chi connectivity index (χ0n) is 23.0. The normalized spacial score (nSPS) is 33.6. The van der Waals surface area contributed by atoms with Gasteiger partial charge in [-0.05, 0) is 13.0 Å². The molecule has 2 aliphatic heterocycles. The molecule has 43 heavy (non-hydrogen) atoms. The highest BCUT2D eigenvalue weighted by Gasteiger charge is 2.54. The molecule has 11 atom stereocenters. The van der Waals surface area contributed by atoms with E-state index in [0.717, 1.165) is 24.6 Å². The summed E-state index contributed by atoms with van der Waals surface area (Å²) in [5.41, 5.74) is 4.46. The SMILES string of the molecule is CC(=O)N[C@@H]([C@@H]1O[C@](OP(=O)([O-])OC[C@H]2O[C@@H](n3ccc(N)nc3=O)[C@H](O)[C@@H]2O)(C(=O)[O-])C[C@H](O)[C@H]1NC(C)=O)[C@@H](C)O. The lowest BCUT2D eigenvalue weighted by atomic mass is 9.87. The fourth-order valence-electron chi connectivity index (χ4n) is 4.70. The van der Waals surface area contributed by atoms with E-state index < -0.39 is 105 Å². The Kier molecular flexibility index (Phi) is 10.7. The minimum atomic E-state index is -5.78. The monoisotopic (exact) mass is 637 g/mol. The van der Waals surface area contributed by atoms with E-state index >= 15 is 0 Å². The molecule has 0 bridgehead atoms. The third-order valence-corrected chi connectivity index (χ3v) is 7.60. The number of amides is 2. The quantitative estimate of drug-likeness (QED) is 0.111. The zero-order valence-corrected chi connectivity index (χ0v) is 23.9. The van der Waals surface area contributed by atoms with Crippen molar-refractivity contribution in [3.05, 3.63) is 22.7 Å². The molecule has 20 nitrogen and oxygen atoms in total. The maximum Gasteiger partial charge on any atom is 0.351 e. The number of carbonyl (C=O) groups is 3. The summed E-state index contributed by atoms with van der Waals surface area (Å²) in [4.78, 5) is 64.1. The van der Waals surface area contributed by atoms with E-state index in [0.29, 0.717) is 0 Å². The van der Waals surface area contributed by atoms with Crippen molar-refractivity contribution in [1.82, 2.24) is 20.2 Å². The van der Waals surface area contributed by atoms with Gasteiger partial charge in [-0.1, -0.05) is 0 Å².